The zero-order chi connectivity index (χ0) is 22.0. The van der Waals surface area contributed by atoms with Crippen molar-refractivity contribution in [2.24, 2.45) is 5.92 Å². The topological polar surface area (TPSA) is 145 Å². The molecular weight excluding hydrogens is 418 g/mol. The lowest BCUT2D eigenvalue weighted by molar-refractivity contribution is 0.416. The molecule has 0 bridgehead atoms. The normalized spacial score (nSPS) is 15.2. The van der Waals surface area contributed by atoms with Gasteiger partial charge in [0.25, 0.3) is 5.56 Å². The first-order chi connectivity index (χ1) is 14.8. The Morgan fingerprint density at radius 3 is 2.58 bits per heavy atom. The summed E-state index contributed by atoms with van der Waals surface area (Å²) in [5, 5.41) is 17.0. The van der Waals surface area contributed by atoms with Gasteiger partial charge in [-0.25, -0.2) is 18.5 Å². The van der Waals surface area contributed by atoms with E-state index >= 15 is 0 Å². The number of rotatable bonds is 6. The summed E-state index contributed by atoms with van der Waals surface area (Å²) in [4.78, 5) is 23.9. The van der Waals surface area contributed by atoms with Crippen molar-refractivity contribution in [3.05, 3.63) is 40.8 Å². The van der Waals surface area contributed by atoms with E-state index in [1.165, 1.54) is 24.5 Å². The fourth-order valence-electron chi connectivity index (χ4n) is 3.68. The third-order valence-corrected chi connectivity index (χ3v) is 6.53. The lowest BCUT2D eigenvalue weighted by atomic mass is 9.94. The largest absolute Gasteiger partial charge is 0.341 e. The third-order valence-electron chi connectivity index (χ3n) is 5.40. The maximum absolute atomic E-state index is 12.4. The molecule has 4 rings (SSSR count). The molecule has 0 aliphatic carbocycles. The molecule has 1 aliphatic heterocycles. The van der Waals surface area contributed by atoms with Gasteiger partial charge in [0.1, 0.15) is 16.7 Å². The molecule has 10 nitrogen and oxygen atoms in total. The van der Waals surface area contributed by atoms with Crippen molar-refractivity contribution in [3.8, 4) is 0 Å². The fraction of sp³-hybridized carbons (Fsp3) is 0.350. The van der Waals surface area contributed by atoms with E-state index in [-0.39, 0.29) is 10.3 Å². The van der Waals surface area contributed by atoms with Gasteiger partial charge < -0.3 is 15.6 Å². The van der Waals surface area contributed by atoms with Crippen molar-refractivity contribution in [2.45, 2.75) is 24.2 Å². The van der Waals surface area contributed by atoms with Crippen LogP contribution >= 0.6 is 0 Å². The highest BCUT2D eigenvalue weighted by Crippen LogP contribution is 2.27. The van der Waals surface area contributed by atoms with E-state index in [1.54, 1.807) is 12.1 Å². The minimum absolute atomic E-state index is 0.209. The van der Waals surface area contributed by atoms with Gasteiger partial charge >= 0.3 is 0 Å². The van der Waals surface area contributed by atoms with Gasteiger partial charge in [0.2, 0.25) is 5.95 Å². The molecular formula is C20H23N7O3S. The predicted molar refractivity (Wildman–Crippen MR) is 119 cm³/mol. The highest BCUT2D eigenvalue weighted by Gasteiger charge is 2.22. The first-order valence-corrected chi connectivity index (χ1v) is 11.8. The Bertz CT molecular complexity index is 1260. The Hall–Kier alpha value is -3.34. The average molecular weight is 442 g/mol. The Labute approximate surface area is 179 Å². The maximum Gasteiger partial charge on any atom is 0.277 e. The van der Waals surface area contributed by atoms with Crippen molar-refractivity contribution in [1.82, 2.24) is 20.2 Å². The summed E-state index contributed by atoms with van der Waals surface area (Å²) in [6.45, 7) is 1.53. The van der Waals surface area contributed by atoms with Crippen LogP contribution in [-0.4, -0.2) is 54.1 Å². The van der Waals surface area contributed by atoms with Crippen molar-refractivity contribution in [3.63, 3.8) is 0 Å². The lowest BCUT2D eigenvalue weighted by Crippen LogP contribution is -2.35. The van der Waals surface area contributed by atoms with Crippen LogP contribution in [0.3, 0.4) is 0 Å². The Morgan fingerprint density at radius 1 is 1.23 bits per heavy atom. The van der Waals surface area contributed by atoms with E-state index < -0.39 is 15.4 Å². The van der Waals surface area contributed by atoms with Gasteiger partial charge in [0.15, 0.2) is 9.84 Å². The van der Waals surface area contributed by atoms with Crippen molar-refractivity contribution in [1.29, 1.82) is 5.41 Å². The second kappa shape index (κ2) is 8.42. The molecule has 0 saturated carbocycles. The van der Waals surface area contributed by atoms with Crippen LogP contribution in [-0.2, 0) is 9.84 Å². The second-order valence-corrected chi connectivity index (χ2v) is 9.64. The van der Waals surface area contributed by atoms with Crippen LogP contribution in [0.15, 0.2) is 40.2 Å². The summed E-state index contributed by atoms with van der Waals surface area (Å²) in [6.07, 6.45) is 6.77. The standard InChI is InChI=1S/C20H23N7O3S/c1-31(29,30)15-4-2-14(3-5-15)23-18-17-16(12-22-26-19(17)28)24-20(25-18)27-10-7-13(6-9-21)8-11-27/h2-5,9,12-13,21H,6-8,10-11H2,1H3,(H,26,28)(H,23,24,25). The number of aromatic amines is 1. The fourth-order valence-corrected chi connectivity index (χ4v) is 4.31. The SMILES string of the molecule is CS(=O)(=O)c1ccc(Nc2nc(N3CCC(CC=N)CC3)nc3cn[nH]c(=O)c23)cc1. The highest BCUT2D eigenvalue weighted by atomic mass is 32.2. The zero-order valence-corrected chi connectivity index (χ0v) is 17.8. The Kier molecular flexibility index (Phi) is 5.68. The van der Waals surface area contributed by atoms with E-state index in [1.807, 2.05) is 0 Å². The van der Waals surface area contributed by atoms with Crippen LogP contribution in [0.25, 0.3) is 10.9 Å². The van der Waals surface area contributed by atoms with Crippen molar-refractivity contribution < 1.29 is 8.42 Å². The van der Waals surface area contributed by atoms with Crippen molar-refractivity contribution >= 4 is 44.4 Å². The Morgan fingerprint density at radius 2 is 1.94 bits per heavy atom. The predicted octanol–water partition coefficient (Wildman–Crippen LogP) is 2.12. The summed E-state index contributed by atoms with van der Waals surface area (Å²) in [5.74, 6) is 1.32. The number of H-pyrrole nitrogens is 1. The van der Waals surface area contributed by atoms with E-state index in [4.69, 9.17) is 5.41 Å². The molecule has 3 heterocycles. The van der Waals surface area contributed by atoms with Crippen LogP contribution in [0.1, 0.15) is 19.3 Å². The smallest absolute Gasteiger partial charge is 0.277 e. The number of hydrogen-bond acceptors (Lipinski definition) is 9. The number of hydrogen-bond donors (Lipinski definition) is 3. The van der Waals surface area contributed by atoms with Crippen LogP contribution in [0.2, 0.25) is 0 Å². The molecule has 11 heteroatoms. The monoisotopic (exact) mass is 441 g/mol. The summed E-state index contributed by atoms with van der Waals surface area (Å²) in [7, 11) is -3.30. The summed E-state index contributed by atoms with van der Waals surface area (Å²) < 4.78 is 23.4. The minimum Gasteiger partial charge on any atom is -0.341 e. The van der Waals surface area contributed by atoms with Gasteiger partial charge in [0, 0.05) is 25.0 Å². The summed E-state index contributed by atoms with van der Waals surface area (Å²) in [6, 6.07) is 6.26. The molecule has 1 aromatic carbocycles. The molecule has 1 aliphatic rings. The Balaban J connectivity index is 1.69. The number of aromatic nitrogens is 4. The number of nitrogens with one attached hydrogen (secondary N) is 3. The molecule has 31 heavy (non-hydrogen) atoms. The molecule has 0 radical (unpaired) electrons. The van der Waals surface area contributed by atoms with Gasteiger partial charge in [0.05, 0.1) is 11.1 Å². The molecule has 0 amide bonds. The van der Waals surface area contributed by atoms with E-state index in [9.17, 15) is 13.2 Å². The molecule has 0 atom stereocenters. The molecule has 0 spiro atoms. The maximum atomic E-state index is 12.4. The molecule has 2 aromatic heterocycles. The van der Waals surface area contributed by atoms with Gasteiger partial charge in [-0.3, -0.25) is 4.79 Å². The number of piperidine rings is 1. The summed E-state index contributed by atoms with van der Waals surface area (Å²) >= 11 is 0. The summed E-state index contributed by atoms with van der Waals surface area (Å²) in [5.41, 5.74) is 0.605. The number of sulfone groups is 1. The molecule has 0 unspecified atom stereocenters. The number of benzene rings is 1. The van der Waals surface area contributed by atoms with Gasteiger partial charge in [-0.15, -0.1) is 0 Å². The molecule has 3 N–H and O–H groups in total. The first kappa shape index (κ1) is 20.9. The molecule has 162 valence electrons. The van der Waals surface area contributed by atoms with Crippen LogP contribution in [0, 0.1) is 11.3 Å². The highest BCUT2D eigenvalue weighted by molar-refractivity contribution is 7.90. The van der Waals surface area contributed by atoms with Crippen molar-refractivity contribution in [2.75, 3.05) is 29.6 Å². The molecule has 1 fully saturated rings. The molecule has 3 aromatic rings. The van der Waals surface area contributed by atoms with Gasteiger partial charge in [-0.05, 0) is 55.7 Å². The molecule has 1 saturated heterocycles. The lowest BCUT2D eigenvalue weighted by Gasteiger charge is -2.31. The van der Waals surface area contributed by atoms with E-state index in [0.29, 0.717) is 28.9 Å². The van der Waals surface area contributed by atoms with Crippen LogP contribution < -0.4 is 15.8 Å². The zero-order valence-electron chi connectivity index (χ0n) is 17.0. The van der Waals surface area contributed by atoms with Gasteiger partial charge in [-0.2, -0.15) is 10.1 Å². The van der Waals surface area contributed by atoms with Crippen LogP contribution in [0.4, 0.5) is 17.5 Å². The minimum atomic E-state index is -3.30. The number of anilines is 3. The average Bonchev–Trinajstić information content (AvgIpc) is 2.74. The number of fused-ring (bicyclic) bond motifs is 1. The third kappa shape index (κ3) is 4.55. The first-order valence-electron chi connectivity index (χ1n) is 9.91. The van der Waals surface area contributed by atoms with E-state index in [0.717, 1.165) is 38.6 Å². The second-order valence-electron chi connectivity index (χ2n) is 7.62. The quantitative estimate of drug-likeness (QED) is 0.493. The van der Waals surface area contributed by atoms with Crippen LogP contribution in [0.5, 0.6) is 0 Å². The van der Waals surface area contributed by atoms with Gasteiger partial charge in [-0.1, -0.05) is 0 Å². The van der Waals surface area contributed by atoms with E-state index in [2.05, 4.69) is 30.4 Å². The number of nitrogens with zero attached hydrogens (tertiary/aromatic N) is 4.